The van der Waals surface area contributed by atoms with Crippen LogP contribution in [0.4, 0.5) is 19.0 Å². The number of anilines is 1. The van der Waals surface area contributed by atoms with Gasteiger partial charge in [0.05, 0.1) is 0 Å². The quantitative estimate of drug-likeness (QED) is 0.296. The maximum Gasteiger partial charge on any atom is 0.471 e. The molecule has 2 heterocycles. The van der Waals surface area contributed by atoms with Gasteiger partial charge in [0.25, 0.3) is 0 Å². The number of carbonyl (C=O) groups is 2. The number of aliphatic hydroxyl groups is 2. The number of aliphatic hydroxyl groups excluding tert-OH is 2. The van der Waals surface area contributed by atoms with Crippen LogP contribution in [-0.2, 0) is 19.1 Å². The van der Waals surface area contributed by atoms with Crippen LogP contribution in [0.5, 0.6) is 0 Å². The number of halogens is 3. The highest BCUT2D eigenvalue weighted by Gasteiger charge is 2.40. The number of aromatic nitrogens is 2. The van der Waals surface area contributed by atoms with E-state index in [4.69, 9.17) is 15.2 Å². The van der Waals surface area contributed by atoms with Crippen LogP contribution < -0.4 is 22.1 Å². The molecule has 0 bridgehead atoms. The summed E-state index contributed by atoms with van der Waals surface area (Å²) >= 11 is 0. The fraction of sp³-hybridized carbons (Fsp3) is 0.467. The van der Waals surface area contributed by atoms with Gasteiger partial charge in [0.15, 0.2) is 17.6 Å². The zero-order chi connectivity index (χ0) is 22.5. The Bertz CT molecular complexity index is 886. The highest BCUT2D eigenvalue weighted by Crippen LogP contribution is 2.32. The SMILES string of the molecule is Nc1ccn([C@@H]2OC(CO)=C(O)C2OCC(=O)NCCNC(=O)C(F)(F)F)c(=O)n1. The third kappa shape index (κ3) is 5.60. The molecule has 0 aromatic carbocycles. The zero-order valence-corrected chi connectivity index (χ0v) is 15.2. The van der Waals surface area contributed by atoms with E-state index in [1.165, 1.54) is 12.3 Å². The van der Waals surface area contributed by atoms with Crippen LogP contribution in [-0.4, -0.2) is 70.2 Å². The van der Waals surface area contributed by atoms with Crippen molar-refractivity contribution in [3.05, 3.63) is 34.3 Å². The number of hydrogen-bond donors (Lipinski definition) is 5. The van der Waals surface area contributed by atoms with Gasteiger partial charge < -0.3 is 36.1 Å². The average Bonchev–Trinajstić information content (AvgIpc) is 2.98. The molecule has 2 atom stereocenters. The number of nitrogen functional groups attached to an aromatic ring is 1. The molecule has 1 unspecified atom stereocenters. The second-order valence-electron chi connectivity index (χ2n) is 5.85. The largest absolute Gasteiger partial charge is 0.506 e. The van der Waals surface area contributed by atoms with Gasteiger partial charge in [0, 0.05) is 19.3 Å². The minimum Gasteiger partial charge on any atom is -0.506 e. The molecule has 2 rings (SSSR count). The van der Waals surface area contributed by atoms with Crippen molar-refractivity contribution in [1.82, 2.24) is 20.2 Å². The molecule has 30 heavy (non-hydrogen) atoms. The standard InChI is InChI=1S/C15H18F3N5O7/c16-15(17,18)13(27)21-3-2-20-9(25)6-29-11-10(26)7(5-24)30-12(11)23-4-1-8(19)22-14(23)28/h1,4,11-12,24,26H,2-3,5-6H2,(H,20,25)(H,21,27)(H2,19,22,28)/t11?,12-/m1/s1. The van der Waals surface area contributed by atoms with Crippen LogP contribution in [0.2, 0.25) is 0 Å². The molecule has 2 amide bonds. The molecular formula is C15H18F3N5O7. The minimum absolute atomic E-state index is 0.0664. The second kappa shape index (κ2) is 9.45. The number of carbonyl (C=O) groups excluding carboxylic acids is 2. The van der Waals surface area contributed by atoms with Crippen molar-refractivity contribution in [3.63, 3.8) is 0 Å². The Hall–Kier alpha value is -3.33. The van der Waals surface area contributed by atoms with E-state index in [1.807, 2.05) is 0 Å². The van der Waals surface area contributed by atoms with Crippen molar-refractivity contribution in [1.29, 1.82) is 0 Å². The maximum atomic E-state index is 12.0. The lowest BCUT2D eigenvalue weighted by Gasteiger charge is -2.21. The summed E-state index contributed by atoms with van der Waals surface area (Å²) in [5, 5.41) is 23.1. The summed E-state index contributed by atoms with van der Waals surface area (Å²) in [4.78, 5) is 37.9. The van der Waals surface area contributed by atoms with Crippen LogP contribution in [0.3, 0.4) is 0 Å². The average molecular weight is 437 g/mol. The monoisotopic (exact) mass is 437 g/mol. The molecule has 15 heteroatoms. The summed E-state index contributed by atoms with van der Waals surface area (Å²) < 4.78 is 47.6. The Morgan fingerprint density at radius 1 is 1.33 bits per heavy atom. The van der Waals surface area contributed by atoms with E-state index in [9.17, 15) is 37.8 Å². The number of hydrogen-bond acceptors (Lipinski definition) is 9. The van der Waals surface area contributed by atoms with E-state index >= 15 is 0 Å². The lowest BCUT2D eigenvalue weighted by atomic mass is 10.2. The highest BCUT2D eigenvalue weighted by atomic mass is 19.4. The first-order valence-corrected chi connectivity index (χ1v) is 8.32. The summed E-state index contributed by atoms with van der Waals surface area (Å²) in [6.07, 6.45) is -6.49. The maximum absolute atomic E-state index is 12.0. The van der Waals surface area contributed by atoms with Gasteiger partial charge >= 0.3 is 17.8 Å². The topological polar surface area (TPSA) is 178 Å². The smallest absolute Gasteiger partial charge is 0.471 e. The molecule has 166 valence electrons. The van der Waals surface area contributed by atoms with E-state index in [0.717, 1.165) is 4.57 Å². The second-order valence-corrected chi connectivity index (χ2v) is 5.85. The number of nitrogens with zero attached hydrogens (tertiary/aromatic N) is 2. The molecule has 0 fully saturated rings. The van der Waals surface area contributed by atoms with Gasteiger partial charge in [-0.1, -0.05) is 0 Å². The van der Waals surface area contributed by atoms with Gasteiger partial charge in [-0.15, -0.1) is 0 Å². The van der Waals surface area contributed by atoms with Gasteiger partial charge in [0.1, 0.15) is 19.0 Å². The molecule has 1 aromatic heterocycles. The van der Waals surface area contributed by atoms with Crippen molar-refractivity contribution in [2.45, 2.75) is 18.5 Å². The fourth-order valence-electron chi connectivity index (χ4n) is 2.36. The molecule has 1 aromatic rings. The van der Waals surface area contributed by atoms with Gasteiger partial charge in [-0.05, 0) is 6.07 Å². The lowest BCUT2D eigenvalue weighted by Crippen LogP contribution is -2.42. The lowest BCUT2D eigenvalue weighted by molar-refractivity contribution is -0.173. The Morgan fingerprint density at radius 2 is 2.00 bits per heavy atom. The Morgan fingerprint density at radius 3 is 2.60 bits per heavy atom. The first kappa shape index (κ1) is 23.0. The van der Waals surface area contributed by atoms with Gasteiger partial charge in [0.2, 0.25) is 12.1 Å². The van der Waals surface area contributed by atoms with E-state index in [1.54, 1.807) is 5.32 Å². The van der Waals surface area contributed by atoms with Crippen LogP contribution in [0, 0.1) is 0 Å². The van der Waals surface area contributed by atoms with Crippen LogP contribution in [0.1, 0.15) is 6.23 Å². The van der Waals surface area contributed by atoms with Crippen LogP contribution in [0.25, 0.3) is 0 Å². The van der Waals surface area contributed by atoms with E-state index in [-0.39, 0.29) is 18.1 Å². The Labute approximate surface area is 166 Å². The van der Waals surface area contributed by atoms with Crippen molar-refractivity contribution >= 4 is 17.6 Å². The number of nitrogens with two attached hydrogens (primary N) is 1. The predicted molar refractivity (Wildman–Crippen MR) is 91.6 cm³/mol. The normalized spacial score (nSPS) is 18.8. The zero-order valence-electron chi connectivity index (χ0n) is 15.2. The van der Waals surface area contributed by atoms with Gasteiger partial charge in [-0.3, -0.25) is 14.2 Å². The van der Waals surface area contributed by atoms with Crippen molar-refractivity contribution in [2.75, 3.05) is 32.0 Å². The van der Waals surface area contributed by atoms with E-state index in [2.05, 4.69) is 10.3 Å². The predicted octanol–water partition coefficient (Wildman–Crippen LogP) is -1.70. The molecule has 1 aliphatic rings. The number of alkyl halides is 3. The minimum atomic E-state index is -5.03. The fourth-order valence-corrected chi connectivity index (χ4v) is 2.36. The molecule has 12 nitrogen and oxygen atoms in total. The molecule has 0 radical (unpaired) electrons. The molecule has 1 aliphatic heterocycles. The van der Waals surface area contributed by atoms with Crippen LogP contribution in [0.15, 0.2) is 28.6 Å². The molecular weight excluding hydrogens is 419 g/mol. The van der Waals surface area contributed by atoms with Crippen molar-refractivity contribution < 1.29 is 42.4 Å². The van der Waals surface area contributed by atoms with E-state index < -0.39 is 61.5 Å². The molecule has 0 spiro atoms. The summed E-state index contributed by atoms with van der Waals surface area (Å²) in [5.74, 6) is -3.85. The Kier molecular flexibility index (Phi) is 7.23. The van der Waals surface area contributed by atoms with Crippen molar-refractivity contribution in [3.8, 4) is 0 Å². The Balaban J connectivity index is 1.93. The van der Waals surface area contributed by atoms with Crippen LogP contribution >= 0.6 is 0 Å². The summed E-state index contributed by atoms with van der Waals surface area (Å²) in [6.45, 7) is -2.20. The van der Waals surface area contributed by atoms with Gasteiger partial charge in [-0.25, -0.2) is 4.79 Å². The first-order valence-electron chi connectivity index (χ1n) is 8.32. The molecule has 0 aliphatic carbocycles. The highest BCUT2D eigenvalue weighted by molar-refractivity contribution is 5.81. The number of nitrogens with one attached hydrogen (secondary N) is 2. The number of amides is 2. The van der Waals surface area contributed by atoms with Crippen molar-refractivity contribution in [2.24, 2.45) is 0 Å². The number of ether oxygens (including phenoxy) is 2. The summed E-state index contributed by atoms with van der Waals surface area (Å²) in [5.41, 5.74) is 4.56. The first-order chi connectivity index (χ1) is 14.0. The molecule has 6 N–H and O–H groups in total. The number of rotatable bonds is 8. The van der Waals surface area contributed by atoms with Gasteiger partial charge in [-0.2, -0.15) is 18.2 Å². The summed E-state index contributed by atoms with van der Waals surface area (Å²) in [6, 6.07) is 1.28. The van der Waals surface area contributed by atoms with E-state index in [0.29, 0.717) is 0 Å². The third-order valence-corrected chi connectivity index (χ3v) is 3.73. The third-order valence-electron chi connectivity index (χ3n) is 3.73. The summed E-state index contributed by atoms with van der Waals surface area (Å²) in [7, 11) is 0. The molecule has 0 saturated heterocycles. The molecule has 0 saturated carbocycles.